The van der Waals surface area contributed by atoms with Gasteiger partial charge in [-0.1, -0.05) is 66.1 Å². The first kappa shape index (κ1) is 22.5. The fraction of sp³-hybridized carbons (Fsp3) is 0.565. The second kappa shape index (κ2) is 9.65. The van der Waals surface area contributed by atoms with Gasteiger partial charge in [0.05, 0.1) is 12.7 Å². The van der Waals surface area contributed by atoms with Crippen LogP contribution in [0.15, 0.2) is 47.0 Å². The summed E-state index contributed by atoms with van der Waals surface area (Å²) in [5, 5.41) is 21.1. The summed E-state index contributed by atoms with van der Waals surface area (Å²) in [6.07, 6.45) is 2.65. The Kier molecular flexibility index (Phi) is 8.05. The van der Waals surface area contributed by atoms with E-state index in [1.54, 1.807) is 11.8 Å². The molecule has 4 atom stereocenters. The summed E-state index contributed by atoms with van der Waals surface area (Å²) in [5.41, 5.74) is 4.64. The van der Waals surface area contributed by atoms with Gasteiger partial charge in [-0.3, -0.25) is 0 Å². The van der Waals surface area contributed by atoms with Crippen LogP contribution >= 0.6 is 23.4 Å². The molecule has 0 amide bonds. The molecule has 1 aliphatic rings. The topological polar surface area (TPSA) is 40.5 Å². The minimum atomic E-state index is -0.367. The van der Waals surface area contributed by atoms with E-state index in [1.165, 1.54) is 16.7 Å². The highest BCUT2D eigenvalue weighted by Crippen LogP contribution is 2.49. The molecule has 0 radical (unpaired) electrons. The summed E-state index contributed by atoms with van der Waals surface area (Å²) in [5.74, 6) is 0. The predicted molar refractivity (Wildman–Crippen MR) is 118 cm³/mol. The van der Waals surface area contributed by atoms with Gasteiger partial charge in [-0.25, -0.2) is 0 Å². The van der Waals surface area contributed by atoms with Crippen molar-refractivity contribution in [3.8, 4) is 0 Å². The molecular weight excluding hydrogens is 376 g/mol. The van der Waals surface area contributed by atoms with Crippen molar-refractivity contribution in [3.63, 3.8) is 0 Å². The third-order valence-corrected chi connectivity index (χ3v) is 7.91. The minimum absolute atomic E-state index is 0.0825. The molecule has 0 spiro atoms. The van der Waals surface area contributed by atoms with E-state index in [-0.39, 0.29) is 28.6 Å². The Morgan fingerprint density at radius 1 is 1.26 bits per heavy atom. The molecule has 1 aliphatic heterocycles. The van der Waals surface area contributed by atoms with Crippen molar-refractivity contribution in [2.24, 2.45) is 5.41 Å². The molecule has 27 heavy (non-hydrogen) atoms. The molecule has 1 fully saturated rings. The van der Waals surface area contributed by atoms with Gasteiger partial charge in [0.15, 0.2) is 0 Å². The van der Waals surface area contributed by atoms with Gasteiger partial charge in [0.2, 0.25) is 0 Å². The second-order valence-corrected chi connectivity index (χ2v) is 10.3. The first-order valence-corrected chi connectivity index (χ1v) is 11.0. The standard InChI is InChI=1S/C23H33ClO2S/c1-15(2)23(5,22-12-20(26)11-21(14-25)27-22)13-19(17(4)24)10-18-8-6-16(3)7-9-18/h6-9,20-22,25-26H,1,10-14H2,2-5H3. The highest BCUT2D eigenvalue weighted by molar-refractivity contribution is 8.00. The molecule has 0 aliphatic carbocycles. The first-order chi connectivity index (χ1) is 12.7. The third-order valence-electron chi connectivity index (χ3n) is 5.87. The Labute approximate surface area is 173 Å². The number of hydrogen-bond donors (Lipinski definition) is 2. The average molecular weight is 409 g/mol. The summed E-state index contributed by atoms with van der Waals surface area (Å²) < 4.78 is 0. The summed E-state index contributed by atoms with van der Waals surface area (Å²) in [6.45, 7) is 12.7. The Balaban J connectivity index is 2.26. The molecule has 0 bridgehead atoms. The molecule has 2 nitrogen and oxygen atoms in total. The van der Waals surface area contributed by atoms with Crippen molar-refractivity contribution in [2.75, 3.05) is 6.61 Å². The van der Waals surface area contributed by atoms with Crippen LogP contribution in [0.5, 0.6) is 0 Å². The zero-order valence-electron chi connectivity index (χ0n) is 17.0. The highest BCUT2D eigenvalue weighted by Gasteiger charge is 2.41. The number of thioether (sulfide) groups is 1. The van der Waals surface area contributed by atoms with Gasteiger partial charge < -0.3 is 10.2 Å². The Bertz CT molecular complexity index is 678. The molecule has 0 saturated carbocycles. The molecule has 1 saturated heterocycles. The van der Waals surface area contributed by atoms with Crippen LogP contribution in [-0.2, 0) is 6.42 Å². The van der Waals surface area contributed by atoms with Crippen molar-refractivity contribution < 1.29 is 10.2 Å². The molecule has 2 rings (SSSR count). The normalized spacial score (nSPS) is 26.3. The molecule has 1 aromatic rings. The predicted octanol–water partition coefficient (Wildman–Crippen LogP) is 5.64. The van der Waals surface area contributed by atoms with Crippen molar-refractivity contribution in [3.05, 3.63) is 58.1 Å². The lowest BCUT2D eigenvalue weighted by atomic mass is 9.72. The van der Waals surface area contributed by atoms with Crippen LogP contribution in [0.1, 0.15) is 51.2 Å². The van der Waals surface area contributed by atoms with E-state index in [0.717, 1.165) is 29.9 Å². The molecule has 4 heteroatoms. The Hall–Kier alpha value is -0.740. The third kappa shape index (κ3) is 5.87. The Morgan fingerprint density at radius 3 is 2.41 bits per heavy atom. The smallest absolute Gasteiger partial charge is 0.0562 e. The van der Waals surface area contributed by atoms with Gasteiger partial charge in [-0.15, -0.1) is 0 Å². The SMILES string of the molecule is C=C(C)C(C)(CC(Cc1ccc(C)cc1)=C(C)Cl)C1CC(O)CC(CO)S1. The number of aliphatic hydroxyl groups is 2. The molecule has 1 aromatic carbocycles. The van der Waals surface area contributed by atoms with E-state index in [1.807, 2.05) is 6.92 Å². The van der Waals surface area contributed by atoms with Crippen LogP contribution in [0.2, 0.25) is 0 Å². The van der Waals surface area contributed by atoms with E-state index in [9.17, 15) is 10.2 Å². The molecule has 4 unspecified atom stereocenters. The van der Waals surface area contributed by atoms with Crippen LogP contribution < -0.4 is 0 Å². The average Bonchev–Trinajstić information content (AvgIpc) is 2.61. The summed E-state index contributed by atoms with van der Waals surface area (Å²) in [7, 11) is 0. The van der Waals surface area contributed by atoms with E-state index < -0.39 is 0 Å². The maximum Gasteiger partial charge on any atom is 0.0562 e. The number of rotatable bonds is 7. The minimum Gasteiger partial charge on any atom is -0.395 e. The van der Waals surface area contributed by atoms with Crippen LogP contribution in [-0.4, -0.2) is 33.4 Å². The highest BCUT2D eigenvalue weighted by atomic mass is 35.5. The van der Waals surface area contributed by atoms with Gasteiger partial charge in [0.1, 0.15) is 0 Å². The quantitative estimate of drug-likeness (QED) is 0.573. The van der Waals surface area contributed by atoms with Gasteiger partial charge in [0.25, 0.3) is 0 Å². The van der Waals surface area contributed by atoms with Gasteiger partial charge >= 0.3 is 0 Å². The summed E-state index contributed by atoms with van der Waals surface area (Å²) >= 11 is 8.31. The molecular formula is C23H33ClO2S. The van der Waals surface area contributed by atoms with Crippen LogP contribution in [0.3, 0.4) is 0 Å². The van der Waals surface area contributed by atoms with Crippen LogP contribution in [0, 0.1) is 12.3 Å². The molecule has 1 heterocycles. The van der Waals surface area contributed by atoms with Gasteiger partial charge in [0, 0.05) is 20.9 Å². The number of aryl methyl sites for hydroxylation is 1. The van der Waals surface area contributed by atoms with Gasteiger partial charge in [-0.2, -0.15) is 11.8 Å². The first-order valence-electron chi connectivity index (χ1n) is 9.65. The second-order valence-electron chi connectivity index (χ2n) is 8.23. The van der Waals surface area contributed by atoms with E-state index in [2.05, 4.69) is 51.6 Å². The molecule has 150 valence electrons. The van der Waals surface area contributed by atoms with Gasteiger partial charge in [-0.05, 0) is 52.0 Å². The number of benzene rings is 1. The molecule has 0 aromatic heterocycles. The summed E-state index contributed by atoms with van der Waals surface area (Å²) in [4.78, 5) is 0. The zero-order valence-corrected chi connectivity index (χ0v) is 18.5. The van der Waals surface area contributed by atoms with Crippen molar-refractivity contribution in [2.45, 2.75) is 70.0 Å². The van der Waals surface area contributed by atoms with Crippen molar-refractivity contribution in [1.29, 1.82) is 0 Å². The number of allylic oxidation sites excluding steroid dienone is 3. The fourth-order valence-electron chi connectivity index (χ4n) is 3.76. The molecule has 2 N–H and O–H groups in total. The monoisotopic (exact) mass is 408 g/mol. The maximum absolute atomic E-state index is 10.3. The lowest BCUT2D eigenvalue weighted by Crippen LogP contribution is -2.41. The zero-order chi connectivity index (χ0) is 20.2. The number of aliphatic hydroxyl groups excluding tert-OH is 2. The van der Waals surface area contributed by atoms with E-state index in [0.29, 0.717) is 6.42 Å². The fourth-order valence-corrected chi connectivity index (χ4v) is 5.70. The maximum atomic E-state index is 10.3. The van der Waals surface area contributed by atoms with Crippen LogP contribution in [0.25, 0.3) is 0 Å². The summed E-state index contributed by atoms with van der Waals surface area (Å²) in [6, 6.07) is 8.59. The van der Waals surface area contributed by atoms with E-state index in [4.69, 9.17) is 11.6 Å². The number of halogens is 1. The van der Waals surface area contributed by atoms with Crippen LogP contribution in [0.4, 0.5) is 0 Å². The lowest BCUT2D eigenvalue weighted by Gasteiger charge is -2.44. The Morgan fingerprint density at radius 2 is 1.89 bits per heavy atom. The van der Waals surface area contributed by atoms with E-state index >= 15 is 0 Å². The van der Waals surface area contributed by atoms with Crippen molar-refractivity contribution >= 4 is 23.4 Å². The van der Waals surface area contributed by atoms with Crippen molar-refractivity contribution in [1.82, 2.24) is 0 Å². The largest absolute Gasteiger partial charge is 0.395 e. The number of hydrogen-bond acceptors (Lipinski definition) is 3. The lowest BCUT2D eigenvalue weighted by molar-refractivity contribution is 0.123.